The van der Waals surface area contributed by atoms with Gasteiger partial charge in [0.2, 0.25) is 10.0 Å². The van der Waals surface area contributed by atoms with Crippen LogP contribution in [0.25, 0.3) is 0 Å². The molecule has 5 nitrogen and oxygen atoms in total. The van der Waals surface area contributed by atoms with Gasteiger partial charge in [0.1, 0.15) is 0 Å². The number of hydrogen-bond acceptors (Lipinski definition) is 4. The van der Waals surface area contributed by atoms with Crippen molar-refractivity contribution in [3.63, 3.8) is 0 Å². The van der Waals surface area contributed by atoms with E-state index in [1.165, 1.54) is 0 Å². The molecule has 2 rings (SSSR count). The molecular formula is C14H17N3O2S. The zero-order valence-corrected chi connectivity index (χ0v) is 12.0. The van der Waals surface area contributed by atoms with Gasteiger partial charge in [0.25, 0.3) is 0 Å². The summed E-state index contributed by atoms with van der Waals surface area (Å²) in [5, 5.41) is 0. The largest absolute Gasteiger partial charge is 0.326 e. The summed E-state index contributed by atoms with van der Waals surface area (Å²) in [7, 11) is -3.49. The van der Waals surface area contributed by atoms with Crippen LogP contribution in [0, 0.1) is 6.92 Å². The summed E-state index contributed by atoms with van der Waals surface area (Å²) in [6, 6.07) is 10.6. The number of sulfonamides is 1. The fraction of sp³-hybridized carbons (Fsp3) is 0.214. The third-order valence-corrected chi connectivity index (χ3v) is 4.18. The molecule has 3 N–H and O–H groups in total. The predicted molar refractivity (Wildman–Crippen MR) is 79.6 cm³/mol. The number of nitrogens with one attached hydrogen (secondary N) is 1. The van der Waals surface area contributed by atoms with Crippen LogP contribution in [-0.4, -0.2) is 13.4 Å². The molecule has 0 spiro atoms. The second-order valence-electron chi connectivity index (χ2n) is 4.47. The zero-order chi connectivity index (χ0) is 14.6. The molecule has 0 saturated carbocycles. The van der Waals surface area contributed by atoms with E-state index in [1.54, 1.807) is 37.4 Å². The Morgan fingerprint density at radius 2 is 1.85 bits per heavy atom. The number of aromatic nitrogens is 1. The number of benzene rings is 1. The Labute approximate surface area is 118 Å². The minimum Gasteiger partial charge on any atom is -0.326 e. The highest BCUT2D eigenvalue weighted by molar-refractivity contribution is 7.91. The van der Waals surface area contributed by atoms with Crippen LogP contribution in [0.3, 0.4) is 0 Å². The Bertz CT molecular complexity index is 699. The van der Waals surface area contributed by atoms with Crippen LogP contribution in [-0.2, 0) is 22.3 Å². The highest BCUT2D eigenvalue weighted by atomic mass is 32.2. The molecule has 0 saturated heterocycles. The summed E-state index contributed by atoms with van der Waals surface area (Å²) in [5.74, 6) is -0.102. The quantitative estimate of drug-likeness (QED) is 0.879. The Morgan fingerprint density at radius 1 is 1.15 bits per heavy atom. The van der Waals surface area contributed by atoms with E-state index in [0.717, 1.165) is 5.56 Å². The smallest absolute Gasteiger partial charge is 0.236 e. The normalized spacial score (nSPS) is 11.3. The Balaban J connectivity index is 2.22. The number of pyridine rings is 1. The van der Waals surface area contributed by atoms with Crippen molar-refractivity contribution in [3.05, 3.63) is 59.4 Å². The molecule has 1 heterocycles. The van der Waals surface area contributed by atoms with E-state index in [1.807, 2.05) is 12.1 Å². The van der Waals surface area contributed by atoms with Crippen molar-refractivity contribution in [1.29, 1.82) is 0 Å². The van der Waals surface area contributed by atoms with Gasteiger partial charge in [-0.15, -0.1) is 0 Å². The van der Waals surface area contributed by atoms with Crippen LogP contribution < -0.4 is 10.5 Å². The minimum atomic E-state index is -3.49. The van der Waals surface area contributed by atoms with Crippen molar-refractivity contribution in [3.8, 4) is 0 Å². The fourth-order valence-electron chi connectivity index (χ4n) is 1.90. The maximum atomic E-state index is 12.2. The van der Waals surface area contributed by atoms with Crippen molar-refractivity contribution in [2.75, 3.05) is 4.72 Å². The van der Waals surface area contributed by atoms with Gasteiger partial charge in [0, 0.05) is 12.7 Å². The van der Waals surface area contributed by atoms with Gasteiger partial charge in [0.15, 0.2) is 0 Å². The summed E-state index contributed by atoms with van der Waals surface area (Å²) in [5.41, 5.74) is 8.31. The molecule has 2 aromatic rings. The Morgan fingerprint density at radius 3 is 2.50 bits per heavy atom. The molecule has 0 aliphatic heterocycles. The molecule has 0 radical (unpaired) electrons. The van der Waals surface area contributed by atoms with E-state index in [0.29, 0.717) is 23.5 Å². The highest BCUT2D eigenvalue weighted by Crippen LogP contribution is 2.17. The number of nitrogens with zero attached hydrogens (tertiary/aromatic N) is 1. The maximum absolute atomic E-state index is 12.2. The van der Waals surface area contributed by atoms with Crippen LogP contribution in [0.5, 0.6) is 0 Å². The first-order chi connectivity index (χ1) is 9.52. The summed E-state index contributed by atoms with van der Waals surface area (Å²) < 4.78 is 27.0. The van der Waals surface area contributed by atoms with Crippen molar-refractivity contribution in [2.45, 2.75) is 19.2 Å². The Hall–Kier alpha value is -1.92. The van der Waals surface area contributed by atoms with E-state index in [4.69, 9.17) is 5.73 Å². The number of nitrogens with two attached hydrogens (primary N) is 1. The number of aryl methyl sites for hydroxylation is 1. The second kappa shape index (κ2) is 6.02. The predicted octanol–water partition coefficient (Wildman–Crippen LogP) is 1.79. The third-order valence-electron chi connectivity index (χ3n) is 2.96. The van der Waals surface area contributed by atoms with Crippen molar-refractivity contribution < 1.29 is 8.42 Å². The lowest BCUT2D eigenvalue weighted by Gasteiger charge is -2.11. The van der Waals surface area contributed by atoms with Gasteiger partial charge in [-0.25, -0.2) is 8.42 Å². The van der Waals surface area contributed by atoms with Crippen LogP contribution in [0.2, 0.25) is 0 Å². The van der Waals surface area contributed by atoms with Crippen LogP contribution in [0.15, 0.2) is 42.6 Å². The van der Waals surface area contributed by atoms with Gasteiger partial charge in [-0.3, -0.25) is 9.71 Å². The molecule has 106 valence electrons. The summed E-state index contributed by atoms with van der Waals surface area (Å²) >= 11 is 0. The van der Waals surface area contributed by atoms with E-state index >= 15 is 0 Å². The lowest BCUT2D eigenvalue weighted by molar-refractivity contribution is 0.600. The van der Waals surface area contributed by atoms with Crippen LogP contribution in [0.4, 0.5) is 5.69 Å². The Kier molecular flexibility index (Phi) is 4.36. The van der Waals surface area contributed by atoms with E-state index < -0.39 is 10.0 Å². The lowest BCUT2D eigenvalue weighted by atomic mass is 10.1. The summed E-state index contributed by atoms with van der Waals surface area (Å²) in [4.78, 5) is 4.06. The second-order valence-corrected chi connectivity index (χ2v) is 6.19. The van der Waals surface area contributed by atoms with Crippen molar-refractivity contribution in [1.82, 2.24) is 4.98 Å². The molecule has 0 aliphatic rings. The SMILES string of the molecule is Cc1ncccc1NS(=O)(=O)Cc1ccccc1CN. The van der Waals surface area contributed by atoms with Gasteiger partial charge in [-0.05, 0) is 30.2 Å². The minimum absolute atomic E-state index is 0.102. The van der Waals surface area contributed by atoms with Crippen molar-refractivity contribution in [2.24, 2.45) is 5.73 Å². The van der Waals surface area contributed by atoms with E-state index in [9.17, 15) is 8.42 Å². The molecule has 0 unspecified atom stereocenters. The van der Waals surface area contributed by atoms with Gasteiger partial charge in [0.05, 0.1) is 17.1 Å². The molecule has 1 aromatic heterocycles. The standard InChI is InChI=1S/C14H17N3O2S/c1-11-14(7-4-8-16-11)17-20(18,19)10-13-6-3-2-5-12(13)9-15/h2-8,17H,9-10,15H2,1H3. The molecule has 6 heteroatoms. The monoisotopic (exact) mass is 291 g/mol. The topological polar surface area (TPSA) is 85.1 Å². The number of hydrogen-bond donors (Lipinski definition) is 2. The highest BCUT2D eigenvalue weighted by Gasteiger charge is 2.15. The number of rotatable bonds is 5. The summed E-state index contributed by atoms with van der Waals surface area (Å²) in [6.07, 6.45) is 1.62. The molecule has 0 amide bonds. The zero-order valence-electron chi connectivity index (χ0n) is 11.2. The summed E-state index contributed by atoms with van der Waals surface area (Å²) in [6.45, 7) is 2.07. The van der Waals surface area contributed by atoms with Crippen molar-refractivity contribution >= 4 is 15.7 Å². The maximum Gasteiger partial charge on any atom is 0.236 e. The van der Waals surface area contributed by atoms with Gasteiger partial charge >= 0.3 is 0 Å². The fourth-order valence-corrected chi connectivity index (χ4v) is 3.21. The first-order valence-electron chi connectivity index (χ1n) is 6.21. The first-order valence-corrected chi connectivity index (χ1v) is 7.86. The molecular weight excluding hydrogens is 274 g/mol. The molecule has 0 bridgehead atoms. The molecule has 0 fully saturated rings. The van der Waals surface area contributed by atoms with Gasteiger partial charge in [-0.2, -0.15) is 0 Å². The van der Waals surface area contributed by atoms with E-state index in [-0.39, 0.29) is 5.75 Å². The average molecular weight is 291 g/mol. The molecule has 1 aromatic carbocycles. The lowest BCUT2D eigenvalue weighted by Crippen LogP contribution is -2.17. The number of anilines is 1. The van der Waals surface area contributed by atoms with Crippen LogP contribution >= 0.6 is 0 Å². The molecule has 0 atom stereocenters. The van der Waals surface area contributed by atoms with Crippen LogP contribution in [0.1, 0.15) is 16.8 Å². The molecule has 0 aliphatic carbocycles. The van der Waals surface area contributed by atoms with Gasteiger partial charge < -0.3 is 5.73 Å². The average Bonchev–Trinajstić information content (AvgIpc) is 2.41. The van der Waals surface area contributed by atoms with Gasteiger partial charge in [-0.1, -0.05) is 24.3 Å². The van der Waals surface area contributed by atoms with E-state index in [2.05, 4.69) is 9.71 Å². The first kappa shape index (κ1) is 14.5. The molecule has 20 heavy (non-hydrogen) atoms. The third kappa shape index (κ3) is 3.55.